The predicted octanol–water partition coefficient (Wildman–Crippen LogP) is 2.16. The van der Waals surface area contributed by atoms with Gasteiger partial charge in [-0.25, -0.2) is 0 Å². The van der Waals surface area contributed by atoms with Gasteiger partial charge in [0.15, 0.2) is 0 Å². The van der Waals surface area contributed by atoms with Crippen LogP contribution in [0.5, 0.6) is 0 Å². The Balaban J connectivity index is 1.58. The third-order valence-electron chi connectivity index (χ3n) is 5.43. The molecular weight excluding hydrogens is 340 g/mol. The van der Waals surface area contributed by atoms with Crippen LogP contribution in [-0.4, -0.2) is 66.0 Å². The summed E-state index contributed by atoms with van der Waals surface area (Å²) in [5.41, 5.74) is 2.91. The first-order valence-electron chi connectivity index (χ1n) is 9.65. The number of aromatic nitrogens is 1. The lowest BCUT2D eigenvalue weighted by atomic mass is 10.1. The first kappa shape index (κ1) is 19.4. The Kier molecular flexibility index (Phi) is 5.85. The second-order valence-corrected chi connectivity index (χ2v) is 7.78. The van der Waals surface area contributed by atoms with E-state index in [1.807, 2.05) is 42.7 Å². The molecule has 1 aromatic heterocycles. The largest absolute Gasteiger partial charge is 0.351 e. The summed E-state index contributed by atoms with van der Waals surface area (Å²) in [6, 6.07) is 8.38. The number of carbonyl (C=O) groups is 2. The van der Waals surface area contributed by atoms with Gasteiger partial charge in [-0.2, -0.15) is 0 Å². The summed E-state index contributed by atoms with van der Waals surface area (Å²) in [6.45, 7) is 4.25. The van der Waals surface area contributed by atoms with Gasteiger partial charge in [0.1, 0.15) is 5.69 Å². The van der Waals surface area contributed by atoms with Gasteiger partial charge in [0, 0.05) is 50.0 Å². The molecule has 1 aliphatic rings. The van der Waals surface area contributed by atoms with Crippen LogP contribution in [0.2, 0.25) is 0 Å². The van der Waals surface area contributed by atoms with E-state index in [2.05, 4.69) is 29.3 Å². The van der Waals surface area contributed by atoms with Crippen LogP contribution in [0.25, 0.3) is 10.9 Å². The minimum atomic E-state index is -0.0597. The number of carbonyl (C=O) groups excluding carboxylic acids is 2. The van der Waals surface area contributed by atoms with E-state index in [1.54, 1.807) is 0 Å². The minimum absolute atomic E-state index is 0.0597. The molecule has 6 nitrogen and oxygen atoms in total. The van der Waals surface area contributed by atoms with Gasteiger partial charge >= 0.3 is 0 Å². The van der Waals surface area contributed by atoms with Gasteiger partial charge in [-0.15, -0.1) is 0 Å². The van der Waals surface area contributed by atoms with Gasteiger partial charge < -0.3 is 19.7 Å². The van der Waals surface area contributed by atoms with Crippen LogP contribution in [0, 0.1) is 6.92 Å². The highest BCUT2D eigenvalue weighted by atomic mass is 16.2. The Bertz CT molecular complexity index is 840. The van der Waals surface area contributed by atoms with Gasteiger partial charge in [-0.05, 0) is 52.1 Å². The fraction of sp³-hybridized carbons (Fsp3) is 0.524. The molecule has 3 rings (SSSR count). The molecule has 0 radical (unpaired) electrons. The van der Waals surface area contributed by atoms with E-state index in [0.717, 1.165) is 36.8 Å². The number of amides is 2. The zero-order valence-corrected chi connectivity index (χ0v) is 16.8. The molecule has 27 heavy (non-hydrogen) atoms. The summed E-state index contributed by atoms with van der Waals surface area (Å²) in [4.78, 5) is 28.8. The van der Waals surface area contributed by atoms with Crippen molar-refractivity contribution >= 4 is 22.7 Å². The molecule has 0 aliphatic carbocycles. The molecule has 0 bridgehead atoms. The van der Waals surface area contributed by atoms with Crippen molar-refractivity contribution in [3.8, 4) is 0 Å². The first-order chi connectivity index (χ1) is 12.9. The average molecular weight is 370 g/mol. The van der Waals surface area contributed by atoms with Crippen LogP contribution < -0.4 is 5.32 Å². The normalized spacial score (nSPS) is 17.3. The van der Waals surface area contributed by atoms with Crippen molar-refractivity contribution in [2.24, 2.45) is 7.05 Å². The topological polar surface area (TPSA) is 57.6 Å². The summed E-state index contributed by atoms with van der Waals surface area (Å²) >= 11 is 0. The molecule has 146 valence electrons. The van der Waals surface area contributed by atoms with Gasteiger partial charge in [-0.3, -0.25) is 9.59 Å². The monoisotopic (exact) mass is 370 g/mol. The molecule has 1 unspecified atom stereocenters. The number of hydrogen-bond acceptors (Lipinski definition) is 3. The Labute approximate surface area is 161 Å². The molecule has 1 saturated heterocycles. The Morgan fingerprint density at radius 2 is 2.07 bits per heavy atom. The molecule has 1 aliphatic heterocycles. The highest BCUT2D eigenvalue weighted by molar-refractivity contribution is 5.98. The van der Waals surface area contributed by atoms with E-state index in [1.165, 1.54) is 5.56 Å². The second-order valence-electron chi connectivity index (χ2n) is 7.78. The van der Waals surface area contributed by atoms with Crippen molar-refractivity contribution < 1.29 is 9.59 Å². The van der Waals surface area contributed by atoms with Gasteiger partial charge in [0.05, 0.1) is 0 Å². The molecule has 6 heteroatoms. The Hall–Kier alpha value is -2.34. The lowest BCUT2D eigenvalue weighted by molar-refractivity contribution is -0.129. The molecule has 0 saturated carbocycles. The summed E-state index contributed by atoms with van der Waals surface area (Å²) in [5, 5.41) is 4.12. The molecule has 2 aromatic rings. The highest BCUT2D eigenvalue weighted by Gasteiger charge is 2.30. The third kappa shape index (κ3) is 4.33. The molecule has 2 amide bonds. The molecule has 1 fully saturated rings. The Morgan fingerprint density at radius 1 is 1.30 bits per heavy atom. The maximum atomic E-state index is 12.6. The van der Waals surface area contributed by atoms with E-state index in [9.17, 15) is 9.59 Å². The van der Waals surface area contributed by atoms with Gasteiger partial charge in [0.25, 0.3) is 5.91 Å². The third-order valence-corrected chi connectivity index (χ3v) is 5.43. The van der Waals surface area contributed by atoms with E-state index in [4.69, 9.17) is 0 Å². The maximum Gasteiger partial charge on any atom is 0.267 e. The molecule has 0 spiro atoms. The number of aryl methyl sites for hydroxylation is 2. The van der Waals surface area contributed by atoms with Crippen molar-refractivity contribution in [2.45, 2.75) is 32.2 Å². The standard InChI is InChI=1S/C21H30N4O2/c1-15-5-7-18-16(13-15)14-19(24(18)4)21(27)22-10-9-17-6-8-20(26)25(17)12-11-23(2)3/h5,7,13-14,17H,6,8-12H2,1-4H3,(H,22,27). The molecular formula is C21H30N4O2. The first-order valence-corrected chi connectivity index (χ1v) is 9.65. The fourth-order valence-corrected chi connectivity index (χ4v) is 3.84. The number of likely N-dealkylation sites (N-methyl/N-ethyl adjacent to an activating group) is 1. The number of nitrogens with one attached hydrogen (secondary N) is 1. The number of benzene rings is 1. The highest BCUT2D eigenvalue weighted by Crippen LogP contribution is 2.22. The number of likely N-dealkylation sites (tertiary alicyclic amines) is 1. The van der Waals surface area contributed by atoms with Gasteiger partial charge in [-0.1, -0.05) is 11.6 Å². The van der Waals surface area contributed by atoms with Crippen LogP contribution in [0.1, 0.15) is 35.3 Å². The van der Waals surface area contributed by atoms with Crippen molar-refractivity contribution in [2.75, 3.05) is 33.7 Å². The lowest BCUT2D eigenvalue weighted by Gasteiger charge is -2.26. The quantitative estimate of drug-likeness (QED) is 0.813. The maximum absolute atomic E-state index is 12.6. The van der Waals surface area contributed by atoms with Crippen molar-refractivity contribution in [3.63, 3.8) is 0 Å². The van der Waals surface area contributed by atoms with Crippen LogP contribution in [-0.2, 0) is 11.8 Å². The van der Waals surface area contributed by atoms with E-state index >= 15 is 0 Å². The smallest absolute Gasteiger partial charge is 0.267 e. The van der Waals surface area contributed by atoms with E-state index in [0.29, 0.717) is 18.7 Å². The van der Waals surface area contributed by atoms with Crippen molar-refractivity contribution in [1.29, 1.82) is 0 Å². The van der Waals surface area contributed by atoms with Crippen LogP contribution in [0.4, 0.5) is 0 Å². The van der Waals surface area contributed by atoms with E-state index < -0.39 is 0 Å². The van der Waals surface area contributed by atoms with E-state index in [-0.39, 0.29) is 17.9 Å². The van der Waals surface area contributed by atoms with Crippen LogP contribution >= 0.6 is 0 Å². The summed E-state index contributed by atoms with van der Waals surface area (Å²) in [6.07, 6.45) is 2.30. The van der Waals surface area contributed by atoms with Crippen LogP contribution in [0.15, 0.2) is 24.3 Å². The zero-order valence-electron chi connectivity index (χ0n) is 16.8. The minimum Gasteiger partial charge on any atom is -0.351 e. The van der Waals surface area contributed by atoms with Crippen molar-refractivity contribution in [3.05, 3.63) is 35.5 Å². The molecule has 1 atom stereocenters. The average Bonchev–Trinajstić information content (AvgIpc) is 3.13. The second kappa shape index (κ2) is 8.13. The number of rotatable bonds is 7. The van der Waals surface area contributed by atoms with Crippen molar-refractivity contribution in [1.82, 2.24) is 19.7 Å². The summed E-state index contributed by atoms with van der Waals surface area (Å²) in [7, 11) is 5.95. The Morgan fingerprint density at radius 3 is 2.81 bits per heavy atom. The number of nitrogens with zero attached hydrogens (tertiary/aromatic N) is 3. The number of fused-ring (bicyclic) bond motifs is 1. The van der Waals surface area contributed by atoms with Gasteiger partial charge in [0.2, 0.25) is 5.91 Å². The fourth-order valence-electron chi connectivity index (χ4n) is 3.84. The molecule has 1 aromatic carbocycles. The van der Waals surface area contributed by atoms with Crippen LogP contribution in [0.3, 0.4) is 0 Å². The summed E-state index contributed by atoms with van der Waals surface area (Å²) in [5.74, 6) is 0.174. The lowest BCUT2D eigenvalue weighted by Crippen LogP contribution is -2.40. The predicted molar refractivity (Wildman–Crippen MR) is 108 cm³/mol. The number of hydrogen-bond donors (Lipinski definition) is 1. The zero-order chi connectivity index (χ0) is 19.6. The molecule has 2 heterocycles. The molecule has 1 N–H and O–H groups in total. The SMILES string of the molecule is Cc1ccc2c(c1)cc(C(=O)NCCC1CCC(=O)N1CCN(C)C)n2C. The summed E-state index contributed by atoms with van der Waals surface area (Å²) < 4.78 is 1.94.